The zero-order valence-electron chi connectivity index (χ0n) is 21.1. The molecule has 4 atom stereocenters. The number of aryl methyl sites for hydroxylation is 1. The summed E-state index contributed by atoms with van der Waals surface area (Å²) < 4.78 is 23.0. The number of methoxy groups -OCH3 is 1. The van der Waals surface area contributed by atoms with E-state index in [0.717, 1.165) is 68.6 Å². The maximum absolute atomic E-state index is 12.7. The highest BCUT2D eigenvalue weighted by molar-refractivity contribution is 5.91. The number of carbonyl (C=O) groups excluding carboxylic acids is 2. The van der Waals surface area contributed by atoms with Crippen LogP contribution in [-0.2, 0) is 36.6 Å². The van der Waals surface area contributed by atoms with Crippen LogP contribution in [-0.4, -0.2) is 37.9 Å². The highest BCUT2D eigenvalue weighted by Crippen LogP contribution is 2.40. The van der Waals surface area contributed by atoms with Crippen LogP contribution >= 0.6 is 0 Å². The predicted octanol–water partition coefficient (Wildman–Crippen LogP) is 5.83. The lowest BCUT2D eigenvalue weighted by Gasteiger charge is -2.28. The molecule has 1 aromatic heterocycles. The summed E-state index contributed by atoms with van der Waals surface area (Å²) in [4.78, 5) is 24.1. The molecule has 1 aliphatic carbocycles. The standard InChI is InChI=1S/C28H40O6/c1-19(2)12-13-20(3)24(29)15-14-22-23-17-21(9-5-6-10-27(30)31-4)33-26(23)18-25(22)34-28-11-7-8-16-32-28/h12,14-15,17,20,22,25,28H,5-11,13,16,18H2,1-4H3/t20?,22-,25-,28?/m1/s1. The van der Waals surface area contributed by atoms with E-state index in [4.69, 9.17) is 18.6 Å². The number of esters is 1. The van der Waals surface area contributed by atoms with Crippen molar-refractivity contribution in [2.75, 3.05) is 13.7 Å². The minimum absolute atomic E-state index is 0.0345. The summed E-state index contributed by atoms with van der Waals surface area (Å²) in [5.41, 5.74) is 2.33. The third-order valence-electron chi connectivity index (χ3n) is 6.62. The number of furan rings is 1. The SMILES string of the molecule is COC(=O)CCCCc1cc2c(o1)C[C@@H](OC1CCCCO1)[C@@H]2C=CC(=O)C(C)CC=C(C)C. The fourth-order valence-corrected chi connectivity index (χ4v) is 4.51. The van der Waals surface area contributed by atoms with Crippen LogP contribution in [0.25, 0.3) is 0 Å². The Balaban J connectivity index is 1.67. The average molecular weight is 473 g/mol. The van der Waals surface area contributed by atoms with Gasteiger partial charge in [0.25, 0.3) is 0 Å². The Hall–Kier alpha value is -2.18. The number of fused-ring (bicyclic) bond motifs is 1. The molecular formula is C28H40O6. The van der Waals surface area contributed by atoms with Gasteiger partial charge in [-0.2, -0.15) is 0 Å². The molecule has 0 radical (unpaired) electrons. The molecule has 1 fully saturated rings. The fraction of sp³-hybridized carbons (Fsp3) is 0.643. The third-order valence-corrected chi connectivity index (χ3v) is 6.62. The molecule has 3 rings (SSSR count). The molecule has 6 nitrogen and oxygen atoms in total. The second-order valence-corrected chi connectivity index (χ2v) is 9.75. The van der Waals surface area contributed by atoms with Crippen LogP contribution in [0.3, 0.4) is 0 Å². The number of rotatable bonds is 12. The van der Waals surface area contributed by atoms with Gasteiger partial charge in [-0.15, -0.1) is 0 Å². The first-order valence-corrected chi connectivity index (χ1v) is 12.7. The van der Waals surface area contributed by atoms with Gasteiger partial charge in [-0.1, -0.05) is 24.6 Å². The molecule has 34 heavy (non-hydrogen) atoms. The molecule has 0 amide bonds. The van der Waals surface area contributed by atoms with Gasteiger partial charge in [0, 0.05) is 43.3 Å². The summed E-state index contributed by atoms with van der Waals surface area (Å²) in [7, 11) is 1.41. The number of carbonyl (C=O) groups is 2. The number of unbranched alkanes of at least 4 members (excludes halogenated alkanes) is 1. The molecule has 1 aliphatic heterocycles. The minimum Gasteiger partial charge on any atom is -0.469 e. The second-order valence-electron chi connectivity index (χ2n) is 9.75. The van der Waals surface area contributed by atoms with E-state index in [1.54, 1.807) is 6.08 Å². The molecule has 1 saturated heterocycles. The topological polar surface area (TPSA) is 75.0 Å². The van der Waals surface area contributed by atoms with Crippen LogP contribution < -0.4 is 0 Å². The number of hydrogen-bond donors (Lipinski definition) is 0. The Bertz CT molecular complexity index is 869. The monoisotopic (exact) mass is 472 g/mol. The summed E-state index contributed by atoms with van der Waals surface area (Å²) in [6.45, 7) is 6.81. The van der Waals surface area contributed by atoms with E-state index in [0.29, 0.717) is 12.8 Å². The normalized spacial score (nSPS) is 23.0. The molecule has 0 spiro atoms. The number of ether oxygens (including phenoxy) is 3. The maximum Gasteiger partial charge on any atom is 0.305 e. The average Bonchev–Trinajstić information content (AvgIpc) is 3.36. The van der Waals surface area contributed by atoms with Gasteiger partial charge >= 0.3 is 5.97 Å². The van der Waals surface area contributed by atoms with E-state index >= 15 is 0 Å². The van der Waals surface area contributed by atoms with Gasteiger partial charge in [0.1, 0.15) is 11.5 Å². The molecule has 2 aliphatic rings. The highest BCUT2D eigenvalue weighted by atomic mass is 16.7. The third kappa shape index (κ3) is 7.67. The van der Waals surface area contributed by atoms with Crippen LogP contribution in [0.5, 0.6) is 0 Å². The molecule has 6 heteroatoms. The van der Waals surface area contributed by atoms with Crippen molar-refractivity contribution >= 4 is 11.8 Å². The van der Waals surface area contributed by atoms with Crippen LogP contribution in [0.15, 0.2) is 34.3 Å². The van der Waals surface area contributed by atoms with E-state index in [-0.39, 0.29) is 36.0 Å². The number of hydrogen-bond acceptors (Lipinski definition) is 6. The Morgan fingerprint density at radius 3 is 2.76 bits per heavy atom. The van der Waals surface area contributed by atoms with Crippen molar-refractivity contribution in [1.29, 1.82) is 0 Å². The van der Waals surface area contributed by atoms with E-state index in [2.05, 4.69) is 12.1 Å². The zero-order chi connectivity index (χ0) is 24.5. The lowest BCUT2D eigenvalue weighted by molar-refractivity contribution is -0.188. The summed E-state index contributed by atoms with van der Waals surface area (Å²) in [5.74, 6) is 1.72. The van der Waals surface area contributed by atoms with Gasteiger partial charge in [-0.25, -0.2) is 0 Å². The molecule has 2 heterocycles. The van der Waals surface area contributed by atoms with Crippen molar-refractivity contribution in [2.24, 2.45) is 5.92 Å². The Morgan fingerprint density at radius 1 is 1.24 bits per heavy atom. The minimum atomic E-state index is -0.191. The van der Waals surface area contributed by atoms with Crippen molar-refractivity contribution in [2.45, 2.75) is 96.9 Å². The smallest absolute Gasteiger partial charge is 0.305 e. The molecule has 0 saturated carbocycles. The first-order valence-electron chi connectivity index (χ1n) is 12.7. The van der Waals surface area contributed by atoms with Crippen LogP contribution in [0, 0.1) is 5.92 Å². The van der Waals surface area contributed by atoms with Gasteiger partial charge < -0.3 is 18.6 Å². The number of ketones is 1. The second kappa shape index (κ2) is 13.1. The summed E-state index contributed by atoms with van der Waals surface area (Å²) in [6, 6.07) is 2.10. The molecule has 0 bridgehead atoms. The van der Waals surface area contributed by atoms with E-state index in [9.17, 15) is 9.59 Å². The van der Waals surface area contributed by atoms with E-state index in [1.807, 2.05) is 26.8 Å². The van der Waals surface area contributed by atoms with Gasteiger partial charge in [-0.05, 0) is 64.5 Å². The van der Waals surface area contributed by atoms with Gasteiger partial charge in [0.15, 0.2) is 12.1 Å². The van der Waals surface area contributed by atoms with Crippen LogP contribution in [0.2, 0.25) is 0 Å². The van der Waals surface area contributed by atoms with E-state index in [1.165, 1.54) is 12.7 Å². The van der Waals surface area contributed by atoms with E-state index < -0.39 is 0 Å². The van der Waals surface area contributed by atoms with Crippen molar-refractivity contribution in [1.82, 2.24) is 0 Å². The highest BCUT2D eigenvalue weighted by Gasteiger charge is 2.37. The molecule has 188 valence electrons. The predicted molar refractivity (Wildman–Crippen MR) is 131 cm³/mol. The van der Waals surface area contributed by atoms with Crippen molar-refractivity contribution in [3.05, 3.63) is 47.0 Å². The summed E-state index contributed by atoms with van der Waals surface area (Å²) >= 11 is 0. The Kier molecular flexibility index (Phi) is 10.1. The Morgan fingerprint density at radius 2 is 2.06 bits per heavy atom. The van der Waals surface area contributed by atoms with Gasteiger partial charge in [-0.3, -0.25) is 9.59 Å². The van der Waals surface area contributed by atoms with Crippen molar-refractivity contribution in [3.8, 4) is 0 Å². The molecule has 0 N–H and O–H groups in total. The van der Waals surface area contributed by atoms with Crippen LogP contribution in [0.4, 0.5) is 0 Å². The largest absolute Gasteiger partial charge is 0.469 e. The molecule has 2 unspecified atom stereocenters. The first-order chi connectivity index (χ1) is 16.4. The maximum atomic E-state index is 12.7. The zero-order valence-corrected chi connectivity index (χ0v) is 21.1. The lowest BCUT2D eigenvalue weighted by Crippen LogP contribution is -2.30. The lowest BCUT2D eigenvalue weighted by atomic mass is 9.96. The molecule has 0 aromatic carbocycles. The first kappa shape index (κ1) is 26.4. The molecular weight excluding hydrogens is 432 g/mol. The van der Waals surface area contributed by atoms with Crippen molar-refractivity contribution < 1.29 is 28.2 Å². The fourth-order valence-electron chi connectivity index (χ4n) is 4.51. The quantitative estimate of drug-likeness (QED) is 0.165. The summed E-state index contributed by atoms with van der Waals surface area (Å²) in [5, 5.41) is 0. The van der Waals surface area contributed by atoms with Crippen LogP contribution in [0.1, 0.15) is 88.7 Å². The van der Waals surface area contributed by atoms with Crippen molar-refractivity contribution in [3.63, 3.8) is 0 Å². The Labute approximate surface area is 203 Å². The summed E-state index contributed by atoms with van der Waals surface area (Å²) in [6.07, 6.45) is 12.9. The van der Waals surface area contributed by atoms with Gasteiger partial charge in [0.05, 0.1) is 13.2 Å². The molecule has 1 aromatic rings. The van der Waals surface area contributed by atoms with Gasteiger partial charge in [0.2, 0.25) is 0 Å². The number of allylic oxidation sites excluding steroid dienone is 3.